The number of hydrogen-bond acceptors (Lipinski definition) is 5. The van der Waals surface area contributed by atoms with Crippen LogP contribution in [0, 0.1) is 11.3 Å². The van der Waals surface area contributed by atoms with Crippen LogP contribution in [0.25, 0.3) is 0 Å². The Morgan fingerprint density at radius 1 is 1.35 bits per heavy atom. The summed E-state index contributed by atoms with van der Waals surface area (Å²) < 4.78 is 36.5. The van der Waals surface area contributed by atoms with Crippen molar-refractivity contribution >= 4 is 10.0 Å². The summed E-state index contributed by atoms with van der Waals surface area (Å²) >= 11 is 0. The Labute approximate surface area is 119 Å². The molecule has 7 heteroatoms. The molecule has 0 heterocycles. The fraction of sp³-hybridized carbons (Fsp3) is 0.462. The molecule has 0 fully saturated rings. The fourth-order valence-corrected chi connectivity index (χ4v) is 2.79. The molecule has 0 aromatic heterocycles. The maximum Gasteiger partial charge on any atom is 0.228 e. The lowest BCUT2D eigenvalue weighted by Crippen LogP contribution is -2.32. The maximum atomic E-state index is 11.9. The molecule has 1 N–H and O–H groups in total. The van der Waals surface area contributed by atoms with Crippen LogP contribution in [0.2, 0.25) is 0 Å². The van der Waals surface area contributed by atoms with Gasteiger partial charge in [-0.05, 0) is 12.5 Å². The highest BCUT2D eigenvalue weighted by Gasteiger charge is 2.23. The van der Waals surface area contributed by atoms with E-state index in [2.05, 4.69) is 4.72 Å². The molecule has 1 rings (SSSR count). The molecule has 0 amide bonds. The molecular formula is C13H18N2O4S. The van der Waals surface area contributed by atoms with E-state index >= 15 is 0 Å². The number of benzene rings is 1. The number of hydrogen-bond donors (Lipinski definition) is 1. The van der Waals surface area contributed by atoms with E-state index in [-0.39, 0.29) is 13.0 Å². The number of ether oxygens (including phenoxy) is 2. The second kappa shape index (κ2) is 7.12. The molecule has 110 valence electrons. The van der Waals surface area contributed by atoms with Gasteiger partial charge in [0.1, 0.15) is 11.5 Å². The molecule has 1 aromatic rings. The zero-order valence-electron chi connectivity index (χ0n) is 11.7. The summed E-state index contributed by atoms with van der Waals surface area (Å²) in [6.07, 6.45) is 0.242. The summed E-state index contributed by atoms with van der Waals surface area (Å²) in [6.45, 7) is 1.72. The molecule has 6 nitrogen and oxygen atoms in total. The van der Waals surface area contributed by atoms with Crippen LogP contribution in [-0.2, 0) is 16.6 Å². The van der Waals surface area contributed by atoms with Gasteiger partial charge in [-0.25, -0.2) is 13.1 Å². The molecule has 1 unspecified atom stereocenters. The van der Waals surface area contributed by atoms with Crippen molar-refractivity contribution in [3.63, 3.8) is 0 Å². The highest BCUT2D eigenvalue weighted by atomic mass is 32.2. The quantitative estimate of drug-likeness (QED) is 0.822. The number of rotatable bonds is 7. The van der Waals surface area contributed by atoms with Gasteiger partial charge in [-0.3, -0.25) is 0 Å². The van der Waals surface area contributed by atoms with Gasteiger partial charge >= 0.3 is 0 Å². The average molecular weight is 298 g/mol. The summed E-state index contributed by atoms with van der Waals surface area (Å²) in [7, 11) is -0.625. The van der Waals surface area contributed by atoms with Crippen LogP contribution in [-0.4, -0.2) is 27.9 Å². The van der Waals surface area contributed by atoms with Crippen molar-refractivity contribution in [2.24, 2.45) is 0 Å². The topological polar surface area (TPSA) is 88.4 Å². The Morgan fingerprint density at radius 3 is 2.55 bits per heavy atom. The molecule has 0 saturated carbocycles. The summed E-state index contributed by atoms with van der Waals surface area (Å²) in [5, 5.41) is 7.77. The summed E-state index contributed by atoms with van der Waals surface area (Å²) in [6, 6.07) is 6.88. The van der Waals surface area contributed by atoms with Crippen molar-refractivity contribution in [2.75, 3.05) is 14.2 Å². The van der Waals surface area contributed by atoms with Crippen molar-refractivity contribution < 1.29 is 17.9 Å². The molecule has 1 aromatic carbocycles. The number of nitriles is 1. The van der Waals surface area contributed by atoms with E-state index in [9.17, 15) is 8.42 Å². The Kier molecular flexibility index (Phi) is 5.80. The summed E-state index contributed by atoms with van der Waals surface area (Å²) in [4.78, 5) is 0. The molecule has 0 radical (unpaired) electrons. The zero-order valence-corrected chi connectivity index (χ0v) is 12.5. The van der Waals surface area contributed by atoms with Crippen LogP contribution in [0.1, 0.15) is 18.9 Å². The van der Waals surface area contributed by atoms with Crippen LogP contribution in [0.5, 0.6) is 11.5 Å². The molecule has 0 aliphatic carbocycles. The fourth-order valence-electron chi connectivity index (χ4n) is 1.66. The van der Waals surface area contributed by atoms with Crippen LogP contribution in [0.3, 0.4) is 0 Å². The van der Waals surface area contributed by atoms with Gasteiger partial charge in [-0.2, -0.15) is 5.26 Å². The standard InChI is InChI=1S/C13H18N2O4S/c1-4-12(8-14)20(16,17)15-9-10-5-6-11(18-2)7-13(10)19-3/h5-7,12,15H,4,9H2,1-3H3. The van der Waals surface area contributed by atoms with Gasteiger partial charge in [0.15, 0.2) is 5.25 Å². The third-order valence-electron chi connectivity index (χ3n) is 2.85. The van der Waals surface area contributed by atoms with Gasteiger partial charge in [0, 0.05) is 18.2 Å². The first-order valence-corrected chi connectivity index (χ1v) is 7.62. The Hall–Kier alpha value is -1.78. The second-order valence-electron chi connectivity index (χ2n) is 4.07. The molecule has 0 saturated heterocycles. The molecular weight excluding hydrogens is 280 g/mol. The lowest BCUT2D eigenvalue weighted by molar-refractivity contribution is 0.390. The minimum absolute atomic E-state index is 0.0632. The van der Waals surface area contributed by atoms with Crippen LogP contribution < -0.4 is 14.2 Å². The number of nitrogens with zero attached hydrogens (tertiary/aromatic N) is 1. The van der Waals surface area contributed by atoms with Crippen molar-refractivity contribution in [1.29, 1.82) is 5.26 Å². The lowest BCUT2D eigenvalue weighted by atomic mass is 10.2. The van der Waals surface area contributed by atoms with Crippen LogP contribution >= 0.6 is 0 Å². The Bertz CT molecular complexity index is 593. The van der Waals surface area contributed by atoms with Gasteiger partial charge in [0.25, 0.3) is 0 Å². The van der Waals surface area contributed by atoms with E-state index in [1.54, 1.807) is 31.2 Å². The van der Waals surface area contributed by atoms with Crippen molar-refractivity contribution in [3.05, 3.63) is 23.8 Å². The van der Waals surface area contributed by atoms with Crippen molar-refractivity contribution in [3.8, 4) is 17.6 Å². The predicted molar refractivity (Wildman–Crippen MR) is 75.0 cm³/mol. The second-order valence-corrected chi connectivity index (χ2v) is 6.02. The SMILES string of the molecule is CCC(C#N)S(=O)(=O)NCc1ccc(OC)cc1OC. The average Bonchev–Trinajstić information content (AvgIpc) is 2.45. The third kappa shape index (κ3) is 3.85. The van der Waals surface area contributed by atoms with E-state index in [4.69, 9.17) is 14.7 Å². The Balaban J connectivity index is 2.88. The third-order valence-corrected chi connectivity index (χ3v) is 4.58. The molecule has 0 spiro atoms. The number of sulfonamides is 1. The van der Waals surface area contributed by atoms with E-state index in [0.717, 1.165) is 0 Å². The van der Waals surface area contributed by atoms with Gasteiger partial charge < -0.3 is 9.47 Å². The molecule has 1 atom stereocenters. The van der Waals surface area contributed by atoms with E-state index < -0.39 is 15.3 Å². The minimum atomic E-state index is -3.66. The van der Waals surface area contributed by atoms with E-state index in [1.807, 2.05) is 0 Å². The number of nitrogens with one attached hydrogen (secondary N) is 1. The first kappa shape index (κ1) is 16.3. The molecule has 0 aliphatic heterocycles. The molecule has 0 aliphatic rings. The van der Waals surface area contributed by atoms with Crippen LogP contribution in [0.4, 0.5) is 0 Å². The maximum absolute atomic E-state index is 11.9. The normalized spacial score (nSPS) is 12.5. The first-order chi connectivity index (χ1) is 9.48. The van der Waals surface area contributed by atoms with Gasteiger partial charge in [-0.1, -0.05) is 13.0 Å². The highest BCUT2D eigenvalue weighted by Crippen LogP contribution is 2.24. The highest BCUT2D eigenvalue weighted by molar-refractivity contribution is 7.90. The summed E-state index contributed by atoms with van der Waals surface area (Å²) in [5.74, 6) is 1.15. The molecule has 0 bridgehead atoms. The van der Waals surface area contributed by atoms with Gasteiger partial charge in [0.2, 0.25) is 10.0 Å². The van der Waals surface area contributed by atoms with Crippen molar-refractivity contribution in [1.82, 2.24) is 4.72 Å². The van der Waals surface area contributed by atoms with Crippen molar-refractivity contribution in [2.45, 2.75) is 25.1 Å². The van der Waals surface area contributed by atoms with Gasteiger partial charge in [-0.15, -0.1) is 0 Å². The van der Waals surface area contributed by atoms with E-state index in [1.165, 1.54) is 14.2 Å². The first-order valence-electron chi connectivity index (χ1n) is 6.07. The smallest absolute Gasteiger partial charge is 0.228 e. The Morgan fingerprint density at radius 2 is 2.05 bits per heavy atom. The van der Waals surface area contributed by atoms with E-state index in [0.29, 0.717) is 17.1 Å². The van der Waals surface area contributed by atoms with Gasteiger partial charge in [0.05, 0.1) is 20.3 Å². The largest absolute Gasteiger partial charge is 0.497 e. The summed E-state index contributed by atoms with van der Waals surface area (Å²) in [5.41, 5.74) is 0.671. The zero-order chi connectivity index (χ0) is 15.2. The molecule has 20 heavy (non-hydrogen) atoms. The minimum Gasteiger partial charge on any atom is -0.497 e. The van der Waals surface area contributed by atoms with Crippen LogP contribution in [0.15, 0.2) is 18.2 Å². The predicted octanol–water partition coefficient (Wildman–Crippen LogP) is 1.43. The monoisotopic (exact) mass is 298 g/mol. The lowest BCUT2D eigenvalue weighted by Gasteiger charge is -2.13. The number of methoxy groups -OCH3 is 2.